The maximum absolute atomic E-state index is 11.7. The number of piperidine rings is 1. The Labute approximate surface area is 105 Å². The van der Waals surface area contributed by atoms with Gasteiger partial charge in [0.15, 0.2) is 0 Å². The Bertz CT molecular complexity index is 221. The largest absolute Gasteiger partial charge is 0.443 e. The van der Waals surface area contributed by atoms with Crippen molar-refractivity contribution in [3.8, 4) is 0 Å². The van der Waals surface area contributed by atoms with Crippen molar-refractivity contribution in [2.24, 2.45) is 0 Å². The highest BCUT2D eigenvalue weighted by molar-refractivity contribution is 5.68. The lowest BCUT2D eigenvalue weighted by Gasteiger charge is -2.32. The van der Waals surface area contributed by atoms with Crippen molar-refractivity contribution in [2.75, 3.05) is 13.1 Å². The molecule has 1 N–H and O–H groups in total. The fourth-order valence-corrected chi connectivity index (χ4v) is 1.42. The first kappa shape index (κ1) is 16.2. The van der Waals surface area contributed by atoms with Crippen LogP contribution in [0.3, 0.4) is 0 Å². The lowest BCUT2D eigenvalue weighted by atomic mass is 10.1. The Balaban J connectivity index is 0.00000121. The zero-order valence-electron chi connectivity index (χ0n) is 11.8. The zero-order valence-corrected chi connectivity index (χ0v) is 11.8. The van der Waals surface area contributed by atoms with Gasteiger partial charge in [0.2, 0.25) is 0 Å². The molecule has 1 aliphatic heterocycles. The van der Waals surface area contributed by atoms with Gasteiger partial charge in [-0.1, -0.05) is 20.8 Å². The third kappa shape index (κ3) is 5.91. The summed E-state index contributed by atoms with van der Waals surface area (Å²) < 4.78 is 5.37. The summed E-state index contributed by atoms with van der Waals surface area (Å²) in [7, 11) is 0. The Morgan fingerprint density at radius 2 is 1.82 bits per heavy atom. The smallest absolute Gasteiger partial charge is 0.410 e. The summed E-state index contributed by atoms with van der Waals surface area (Å²) in [5.41, 5.74) is -0.396. The van der Waals surface area contributed by atoms with Crippen LogP contribution in [0.15, 0.2) is 0 Å². The third-order valence-corrected chi connectivity index (χ3v) is 2.94. The number of ether oxygens (including phenoxy) is 1. The van der Waals surface area contributed by atoms with Crippen molar-refractivity contribution < 1.29 is 14.6 Å². The second-order valence-electron chi connectivity index (χ2n) is 4.70. The van der Waals surface area contributed by atoms with E-state index in [-0.39, 0.29) is 12.2 Å². The predicted octanol–water partition coefficient (Wildman–Crippen LogP) is 2.79. The molecule has 0 unspecified atom stereocenters. The van der Waals surface area contributed by atoms with Gasteiger partial charge in [0, 0.05) is 13.1 Å². The zero-order chi connectivity index (χ0) is 13.5. The number of likely N-dealkylation sites (tertiary alicyclic amines) is 1. The van der Waals surface area contributed by atoms with Crippen molar-refractivity contribution in [2.45, 2.75) is 65.6 Å². The maximum atomic E-state index is 11.7. The lowest BCUT2D eigenvalue weighted by molar-refractivity contribution is -0.000744. The molecule has 4 heteroatoms. The molecule has 1 saturated heterocycles. The molecular weight excluding hydrogens is 218 g/mol. The molecule has 1 fully saturated rings. The van der Waals surface area contributed by atoms with Gasteiger partial charge in [0.1, 0.15) is 5.60 Å². The van der Waals surface area contributed by atoms with Crippen LogP contribution in [0.1, 0.15) is 53.9 Å². The minimum absolute atomic E-state index is 0.256. The van der Waals surface area contributed by atoms with Gasteiger partial charge in [-0.15, -0.1) is 0 Å². The van der Waals surface area contributed by atoms with Crippen molar-refractivity contribution in [1.29, 1.82) is 0 Å². The number of hydrogen-bond acceptors (Lipinski definition) is 3. The molecule has 1 amide bonds. The fraction of sp³-hybridized carbons (Fsp3) is 0.923. The summed E-state index contributed by atoms with van der Waals surface area (Å²) in [6.07, 6.45) is 1.60. The molecule has 0 spiro atoms. The number of hydrogen-bond donors (Lipinski definition) is 1. The Morgan fingerprint density at radius 3 is 2.24 bits per heavy atom. The van der Waals surface area contributed by atoms with Crippen LogP contribution >= 0.6 is 0 Å². The summed E-state index contributed by atoms with van der Waals surface area (Å²) in [5, 5.41) is 9.31. The Kier molecular flexibility index (Phi) is 7.19. The van der Waals surface area contributed by atoms with E-state index < -0.39 is 5.60 Å². The van der Waals surface area contributed by atoms with Crippen LogP contribution in [0.4, 0.5) is 4.79 Å². The first-order valence-electron chi connectivity index (χ1n) is 6.60. The molecule has 0 radical (unpaired) electrons. The average Bonchev–Trinajstić information content (AvgIpc) is 2.32. The second kappa shape index (κ2) is 7.54. The molecule has 0 aromatic carbocycles. The van der Waals surface area contributed by atoms with E-state index in [9.17, 15) is 9.90 Å². The molecule has 0 aromatic rings. The number of aliphatic hydroxyl groups excluding tert-OH is 1. The van der Waals surface area contributed by atoms with Gasteiger partial charge < -0.3 is 14.7 Å². The highest BCUT2D eigenvalue weighted by Crippen LogP contribution is 2.17. The van der Waals surface area contributed by atoms with Gasteiger partial charge in [-0.05, 0) is 33.1 Å². The van der Waals surface area contributed by atoms with E-state index in [4.69, 9.17) is 4.74 Å². The summed E-state index contributed by atoms with van der Waals surface area (Å²) in [5.74, 6) is 0. The Hall–Kier alpha value is -0.770. The summed E-state index contributed by atoms with van der Waals surface area (Å²) in [6.45, 7) is 11.0. The van der Waals surface area contributed by atoms with Crippen LogP contribution in [0.25, 0.3) is 0 Å². The van der Waals surface area contributed by atoms with E-state index in [0.29, 0.717) is 25.9 Å². The average molecular weight is 245 g/mol. The standard InChI is InChI=1S/C11H21NO3.C2H6/c1-4-11(2,3)15-10(14)12-7-5-9(13)6-8-12;1-2/h9,13H,4-8H2,1-3H3;1-2H3. The lowest BCUT2D eigenvalue weighted by Crippen LogP contribution is -2.43. The molecule has 102 valence electrons. The minimum atomic E-state index is -0.396. The first-order valence-corrected chi connectivity index (χ1v) is 6.60. The van der Waals surface area contributed by atoms with E-state index in [1.165, 1.54) is 0 Å². The predicted molar refractivity (Wildman–Crippen MR) is 69.0 cm³/mol. The molecule has 17 heavy (non-hydrogen) atoms. The topological polar surface area (TPSA) is 49.8 Å². The molecule has 1 rings (SSSR count). The van der Waals surface area contributed by atoms with Crippen LogP contribution in [-0.2, 0) is 4.74 Å². The summed E-state index contributed by atoms with van der Waals surface area (Å²) in [4.78, 5) is 13.4. The molecule has 1 aliphatic rings. The minimum Gasteiger partial charge on any atom is -0.443 e. The van der Waals surface area contributed by atoms with E-state index in [1.807, 2.05) is 34.6 Å². The molecular formula is C13H27NO3. The van der Waals surface area contributed by atoms with Crippen LogP contribution < -0.4 is 0 Å². The highest BCUT2D eigenvalue weighted by Gasteiger charge is 2.27. The number of rotatable bonds is 2. The Morgan fingerprint density at radius 1 is 1.35 bits per heavy atom. The summed E-state index contributed by atoms with van der Waals surface area (Å²) >= 11 is 0. The highest BCUT2D eigenvalue weighted by atomic mass is 16.6. The number of aliphatic hydroxyl groups is 1. The monoisotopic (exact) mass is 245 g/mol. The molecule has 0 aromatic heterocycles. The van der Waals surface area contributed by atoms with E-state index in [2.05, 4.69) is 0 Å². The molecule has 0 aliphatic carbocycles. The molecule has 0 saturated carbocycles. The van der Waals surface area contributed by atoms with Gasteiger partial charge >= 0.3 is 6.09 Å². The van der Waals surface area contributed by atoms with E-state index >= 15 is 0 Å². The van der Waals surface area contributed by atoms with Gasteiger partial charge in [0.05, 0.1) is 6.10 Å². The SMILES string of the molecule is CC.CCC(C)(C)OC(=O)N1CCC(O)CC1. The first-order chi connectivity index (χ1) is 7.94. The van der Waals surface area contributed by atoms with Crippen molar-refractivity contribution in [3.63, 3.8) is 0 Å². The molecule has 1 heterocycles. The van der Waals surface area contributed by atoms with E-state index in [1.54, 1.807) is 4.90 Å². The third-order valence-electron chi connectivity index (χ3n) is 2.94. The maximum Gasteiger partial charge on any atom is 0.410 e. The number of nitrogens with zero attached hydrogens (tertiary/aromatic N) is 1. The molecule has 4 nitrogen and oxygen atoms in total. The normalized spacial score (nSPS) is 17.2. The summed E-state index contributed by atoms with van der Waals surface area (Å²) in [6, 6.07) is 0. The van der Waals surface area contributed by atoms with Crippen molar-refractivity contribution in [3.05, 3.63) is 0 Å². The van der Waals surface area contributed by atoms with E-state index in [0.717, 1.165) is 6.42 Å². The van der Waals surface area contributed by atoms with Crippen LogP contribution in [0, 0.1) is 0 Å². The van der Waals surface area contributed by atoms with Crippen LogP contribution in [0.5, 0.6) is 0 Å². The van der Waals surface area contributed by atoms with Crippen molar-refractivity contribution in [1.82, 2.24) is 4.90 Å². The second-order valence-corrected chi connectivity index (χ2v) is 4.70. The van der Waals surface area contributed by atoms with Gasteiger partial charge in [0.25, 0.3) is 0 Å². The molecule has 0 atom stereocenters. The number of carbonyl (C=O) groups is 1. The molecule has 0 bridgehead atoms. The fourth-order valence-electron chi connectivity index (χ4n) is 1.42. The van der Waals surface area contributed by atoms with Crippen molar-refractivity contribution >= 4 is 6.09 Å². The number of amides is 1. The van der Waals surface area contributed by atoms with Gasteiger partial charge in [-0.2, -0.15) is 0 Å². The van der Waals surface area contributed by atoms with Crippen LogP contribution in [0.2, 0.25) is 0 Å². The van der Waals surface area contributed by atoms with Gasteiger partial charge in [-0.25, -0.2) is 4.79 Å². The number of carbonyl (C=O) groups excluding carboxylic acids is 1. The van der Waals surface area contributed by atoms with Crippen LogP contribution in [-0.4, -0.2) is 40.9 Å². The quantitative estimate of drug-likeness (QED) is 0.814. The van der Waals surface area contributed by atoms with Gasteiger partial charge in [-0.3, -0.25) is 0 Å².